The van der Waals surface area contributed by atoms with Crippen molar-refractivity contribution in [1.82, 2.24) is 30.0 Å². The van der Waals surface area contributed by atoms with Gasteiger partial charge in [0.1, 0.15) is 6.10 Å². The Morgan fingerprint density at radius 2 is 2.32 bits per heavy atom. The normalized spacial score (nSPS) is 17.4. The van der Waals surface area contributed by atoms with E-state index in [9.17, 15) is 4.79 Å². The van der Waals surface area contributed by atoms with Gasteiger partial charge in [0.05, 0.1) is 25.4 Å². The van der Waals surface area contributed by atoms with Gasteiger partial charge < -0.3 is 19.9 Å². The van der Waals surface area contributed by atoms with Crippen molar-refractivity contribution in [3.8, 4) is 0 Å². The number of hydrogen-bond donors (Lipinski definition) is 1. The fourth-order valence-electron chi connectivity index (χ4n) is 2.59. The number of morpholine rings is 1. The van der Waals surface area contributed by atoms with Crippen LogP contribution in [0.25, 0.3) is 0 Å². The largest absolute Gasteiger partial charge is 0.368 e. The Balaban J connectivity index is 1.55. The fraction of sp³-hybridized carbons (Fsp3) is 0.500. The smallest absolute Gasteiger partial charge is 0.317 e. The summed E-state index contributed by atoms with van der Waals surface area (Å²) in [5.41, 5.74) is 0.785. The van der Waals surface area contributed by atoms with Crippen LogP contribution in [0.15, 0.2) is 30.7 Å². The van der Waals surface area contributed by atoms with E-state index in [1.165, 1.54) is 0 Å². The molecule has 0 aliphatic carbocycles. The summed E-state index contributed by atoms with van der Waals surface area (Å²) in [5.74, 6) is 0.627. The minimum atomic E-state index is -0.243. The zero-order valence-electron chi connectivity index (χ0n) is 14.5. The maximum absolute atomic E-state index is 12.4. The van der Waals surface area contributed by atoms with Crippen molar-refractivity contribution < 1.29 is 9.53 Å². The van der Waals surface area contributed by atoms with Gasteiger partial charge in [-0.3, -0.25) is 4.68 Å². The molecule has 1 aliphatic rings. The van der Waals surface area contributed by atoms with E-state index in [0.29, 0.717) is 38.7 Å². The van der Waals surface area contributed by atoms with E-state index in [1.807, 2.05) is 37.3 Å². The van der Waals surface area contributed by atoms with E-state index < -0.39 is 0 Å². The number of rotatable bonds is 5. The second kappa shape index (κ2) is 7.93. The Bertz CT molecular complexity index is 690. The molecule has 2 aromatic heterocycles. The molecule has 3 rings (SSSR count). The predicted molar refractivity (Wildman–Crippen MR) is 92.3 cm³/mol. The number of anilines is 1. The van der Waals surface area contributed by atoms with E-state index >= 15 is 0 Å². The van der Waals surface area contributed by atoms with Gasteiger partial charge in [-0.1, -0.05) is 0 Å². The number of ether oxygens (including phenoxy) is 1. The second-order valence-corrected chi connectivity index (χ2v) is 5.98. The van der Waals surface area contributed by atoms with Gasteiger partial charge in [0.25, 0.3) is 0 Å². The molecule has 1 unspecified atom stereocenters. The third-order valence-corrected chi connectivity index (χ3v) is 3.92. The number of aromatic nitrogens is 4. The number of amides is 2. The molecule has 134 valence electrons. The summed E-state index contributed by atoms with van der Waals surface area (Å²) in [7, 11) is 3.78. The van der Waals surface area contributed by atoms with Crippen LogP contribution < -0.4 is 10.2 Å². The number of nitrogens with one attached hydrogen (secondary N) is 1. The Morgan fingerprint density at radius 1 is 1.44 bits per heavy atom. The second-order valence-electron chi connectivity index (χ2n) is 5.98. The molecular formula is C16H23N7O2. The summed E-state index contributed by atoms with van der Waals surface area (Å²) >= 11 is 0. The van der Waals surface area contributed by atoms with Crippen molar-refractivity contribution in [1.29, 1.82) is 0 Å². The van der Waals surface area contributed by atoms with Crippen LogP contribution in [0.1, 0.15) is 11.8 Å². The highest BCUT2D eigenvalue weighted by Gasteiger charge is 2.26. The van der Waals surface area contributed by atoms with Gasteiger partial charge in [-0.25, -0.2) is 14.8 Å². The lowest BCUT2D eigenvalue weighted by molar-refractivity contribution is -0.0176. The van der Waals surface area contributed by atoms with Gasteiger partial charge in [-0.05, 0) is 12.1 Å². The van der Waals surface area contributed by atoms with Crippen LogP contribution in [-0.4, -0.2) is 71.0 Å². The van der Waals surface area contributed by atoms with Crippen molar-refractivity contribution in [3.05, 3.63) is 36.4 Å². The minimum absolute atomic E-state index is 0.0951. The van der Waals surface area contributed by atoms with Crippen molar-refractivity contribution in [3.63, 3.8) is 0 Å². The topological polar surface area (TPSA) is 88.4 Å². The maximum atomic E-state index is 12.4. The van der Waals surface area contributed by atoms with Gasteiger partial charge >= 0.3 is 6.03 Å². The summed E-state index contributed by atoms with van der Waals surface area (Å²) in [5, 5.41) is 7.04. The predicted octanol–water partition coefficient (Wildman–Crippen LogP) is 0.522. The molecule has 9 heteroatoms. The summed E-state index contributed by atoms with van der Waals surface area (Å²) < 4.78 is 7.58. The molecule has 3 heterocycles. The van der Waals surface area contributed by atoms with Crippen molar-refractivity contribution in [2.75, 3.05) is 45.2 Å². The molecule has 0 bridgehead atoms. The standard InChI is InChI=1S/C16H23N7O2/c1-21(2)15-17-6-4-13(20-15)14-12-22(10-11-25-14)16(24)18-7-9-23-8-3-5-19-23/h3-6,8,14H,7,9-12H2,1-2H3,(H,18,24). The first-order valence-electron chi connectivity index (χ1n) is 8.25. The SMILES string of the molecule is CN(C)c1nccc(C2CN(C(=O)NCCn3cccn3)CCO2)n1. The van der Waals surface area contributed by atoms with Crippen LogP contribution in [-0.2, 0) is 11.3 Å². The molecule has 1 aliphatic heterocycles. The van der Waals surface area contributed by atoms with Crippen molar-refractivity contribution >= 4 is 12.0 Å². The zero-order valence-corrected chi connectivity index (χ0v) is 14.5. The molecule has 0 spiro atoms. The first kappa shape index (κ1) is 17.2. The summed E-state index contributed by atoms with van der Waals surface area (Å²) in [6, 6.07) is 3.59. The van der Waals surface area contributed by atoms with Crippen LogP contribution in [0.3, 0.4) is 0 Å². The molecule has 1 saturated heterocycles. The highest BCUT2D eigenvalue weighted by Crippen LogP contribution is 2.21. The molecule has 1 fully saturated rings. The third-order valence-electron chi connectivity index (χ3n) is 3.92. The monoisotopic (exact) mass is 345 g/mol. The van der Waals surface area contributed by atoms with E-state index in [1.54, 1.807) is 22.0 Å². The van der Waals surface area contributed by atoms with Gasteiger partial charge in [-0.2, -0.15) is 5.10 Å². The molecule has 2 aromatic rings. The third kappa shape index (κ3) is 4.44. The van der Waals surface area contributed by atoms with E-state index in [4.69, 9.17) is 4.74 Å². The lowest BCUT2D eigenvalue weighted by Crippen LogP contribution is -2.47. The average molecular weight is 345 g/mol. The fourth-order valence-corrected chi connectivity index (χ4v) is 2.59. The van der Waals surface area contributed by atoms with Crippen molar-refractivity contribution in [2.45, 2.75) is 12.6 Å². The summed E-state index contributed by atoms with van der Waals surface area (Å²) in [6.45, 7) is 2.69. The molecule has 2 amide bonds. The molecule has 25 heavy (non-hydrogen) atoms. The van der Waals surface area contributed by atoms with Gasteiger partial charge in [0.2, 0.25) is 5.95 Å². The Hall–Kier alpha value is -2.68. The van der Waals surface area contributed by atoms with Gasteiger partial charge in [-0.15, -0.1) is 0 Å². The van der Waals surface area contributed by atoms with Crippen LogP contribution >= 0.6 is 0 Å². The van der Waals surface area contributed by atoms with Gasteiger partial charge in [0.15, 0.2) is 0 Å². The maximum Gasteiger partial charge on any atom is 0.317 e. The lowest BCUT2D eigenvalue weighted by Gasteiger charge is -2.32. The van der Waals surface area contributed by atoms with Gasteiger partial charge in [0, 0.05) is 45.8 Å². The van der Waals surface area contributed by atoms with Crippen molar-refractivity contribution in [2.24, 2.45) is 0 Å². The van der Waals surface area contributed by atoms with E-state index in [-0.39, 0.29) is 12.1 Å². The highest BCUT2D eigenvalue weighted by molar-refractivity contribution is 5.74. The number of urea groups is 1. The molecular weight excluding hydrogens is 322 g/mol. The quantitative estimate of drug-likeness (QED) is 0.850. The first-order valence-corrected chi connectivity index (χ1v) is 8.25. The molecule has 9 nitrogen and oxygen atoms in total. The van der Waals surface area contributed by atoms with E-state index in [2.05, 4.69) is 20.4 Å². The highest BCUT2D eigenvalue weighted by atomic mass is 16.5. The number of carbonyl (C=O) groups is 1. The average Bonchev–Trinajstić information content (AvgIpc) is 3.15. The Labute approximate surface area is 146 Å². The number of carbonyl (C=O) groups excluding carboxylic acids is 1. The van der Waals surface area contributed by atoms with Crippen LogP contribution in [0.2, 0.25) is 0 Å². The molecule has 0 radical (unpaired) electrons. The molecule has 1 N–H and O–H groups in total. The zero-order chi connectivity index (χ0) is 17.6. The summed E-state index contributed by atoms with van der Waals surface area (Å²) in [4.78, 5) is 24.7. The molecule has 0 aromatic carbocycles. The number of hydrogen-bond acceptors (Lipinski definition) is 6. The number of nitrogens with zero attached hydrogens (tertiary/aromatic N) is 6. The minimum Gasteiger partial charge on any atom is -0.368 e. The van der Waals surface area contributed by atoms with Crippen LogP contribution in [0.4, 0.5) is 10.7 Å². The molecule has 0 saturated carbocycles. The first-order chi connectivity index (χ1) is 12.1. The Kier molecular flexibility index (Phi) is 5.44. The van der Waals surface area contributed by atoms with E-state index in [0.717, 1.165) is 5.69 Å². The Morgan fingerprint density at radius 3 is 3.08 bits per heavy atom. The molecule has 1 atom stereocenters. The van der Waals surface area contributed by atoms with Crippen LogP contribution in [0.5, 0.6) is 0 Å². The van der Waals surface area contributed by atoms with Crippen LogP contribution in [0, 0.1) is 0 Å². The summed E-state index contributed by atoms with van der Waals surface area (Å²) in [6.07, 6.45) is 5.06. The lowest BCUT2D eigenvalue weighted by atomic mass is 10.2.